The first-order chi connectivity index (χ1) is 18.9. The van der Waals surface area contributed by atoms with Gasteiger partial charge in [0.15, 0.2) is 0 Å². The van der Waals surface area contributed by atoms with Crippen LogP contribution in [0.2, 0.25) is 0 Å². The third-order valence-corrected chi connectivity index (χ3v) is 7.35. The minimum absolute atomic E-state index is 1.06. The molecular weight excluding hydrogens is 460 g/mol. The van der Waals surface area contributed by atoms with Gasteiger partial charge in [0.2, 0.25) is 0 Å². The van der Waals surface area contributed by atoms with E-state index >= 15 is 0 Å². The number of nitrogens with zero attached hydrogens (tertiary/aromatic N) is 2. The third-order valence-electron chi connectivity index (χ3n) is 7.35. The quantitative estimate of drug-likeness (QED) is 0.322. The molecule has 0 aromatic heterocycles. The highest BCUT2D eigenvalue weighted by atomic mass is 15.2. The summed E-state index contributed by atoms with van der Waals surface area (Å²) in [6.07, 6.45) is 27.0. The summed E-state index contributed by atoms with van der Waals surface area (Å²) in [6, 6.07) is 28.6. The van der Waals surface area contributed by atoms with E-state index in [0.29, 0.717) is 0 Å². The molecule has 0 aliphatic heterocycles. The Kier molecular flexibility index (Phi) is 7.22. The molecule has 2 nitrogen and oxygen atoms in total. The average molecular weight is 495 g/mol. The third kappa shape index (κ3) is 5.21. The van der Waals surface area contributed by atoms with E-state index in [-0.39, 0.29) is 0 Å². The first-order valence-electron chi connectivity index (χ1n) is 13.8. The van der Waals surface area contributed by atoms with Crippen molar-refractivity contribution in [1.82, 2.24) is 0 Å². The lowest BCUT2D eigenvalue weighted by Crippen LogP contribution is -2.22. The van der Waals surface area contributed by atoms with Gasteiger partial charge in [0.1, 0.15) is 0 Å². The van der Waals surface area contributed by atoms with Gasteiger partial charge in [-0.2, -0.15) is 0 Å². The number of benzene rings is 3. The molecular formula is C36H34N2. The van der Waals surface area contributed by atoms with Crippen molar-refractivity contribution in [2.45, 2.75) is 38.5 Å². The number of anilines is 3. The van der Waals surface area contributed by atoms with Gasteiger partial charge in [0, 0.05) is 34.2 Å². The molecule has 38 heavy (non-hydrogen) atoms. The maximum absolute atomic E-state index is 2.43. The zero-order valence-electron chi connectivity index (χ0n) is 21.8. The van der Waals surface area contributed by atoms with Crippen LogP contribution in [-0.4, -0.2) is 0 Å². The van der Waals surface area contributed by atoms with Gasteiger partial charge in [-0.25, -0.2) is 0 Å². The average Bonchev–Trinajstić information content (AvgIpc) is 3.00. The van der Waals surface area contributed by atoms with Crippen LogP contribution in [0.1, 0.15) is 38.5 Å². The summed E-state index contributed by atoms with van der Waals surface area (Å²) in [4.78, 5) is 4.77. The molecule has 0 saturated heterocycles. The van der Waals surface area contributed by atoms with Crippen LogP contribution in [0.4, 0.5) is 17.1 Å². The minimum atomic E-state index is 1.06. The molecule has 0 radical (unpaired) electrons. The van der Waals surface area contributed by atoms with Crippen LogP contribution < -0.4 is 9.80 Å². The summed E-state index contributed by atoms with van der Waals surface area (Å²) in [5, 5.41) is 0. The Balaban J connectivity index is 1.28. The molecule has 188 valence electrons. The van der Waals surface area contributed by atoms with Crippen LogP contribution >= 0.6 is 0 Å². The number of hydrogen-bond acceptors (Lipinski definition) is 2. The summed E-state index contributed by atoms with van der Waals surface area (Å²) in [5.41, 5.74) is 9.90. The Morgan fingerprint density at radius 3 is 1.55 bits per heavy atom. The normalized spacial score (nSPS) is 16.5. The molecule has 0 spiro atoms. The van der Waals surface area contributed by atoms with Crippen molar-refractivity contribution < 1.29 is 0 Å². The second-order valence-corrected chi connectivity index (χ2v) is 9.94. The lowest BCUT2D eigenvalue weighted by molar-refractivity contribution is 0.887. The van der Waals surface area contributed by atoms with Gasteiger partial charge in [-0.3, -0.25) is 0 Å². The van der Waals surface area contributed by atoms with E-state index in [4.69, 9.17) is 0 Å². The molecule has 0 amide bonds. The number of para-hydroxylation sites is 1. The second-order valence-electron chi connectivity index (χ2n) is 9.94. The van der Waals surface area contributed by atoms with Crippen LogP contribution in [0.25, 0.3) is 11.1 Å². The Hall–Kier alpha value is -4.30. The minimum Gasteiger partial charge on any atom is -0.315 e. The number of allylic oxidation sites excluding steroid dienone is 10. The van der Waals surface area contributed by atoms with E-state index in [1.54, 1.807) is 0 Å². The van der Waals surface area contributed by atoms with E-state index in [9.17, 15) is 0 Å². The molecule has 3 aromatic rings. The Morgan fingerprint density at radius 1 is 0.474 bits per heavy atom. The molecule has 0 fully saturated rings. The van der Waals surface area contributed by atoms with E-state index < -0.39 is 0 Å². The van der Waals surface area contributed by atoms with E-state index in [0.717, 1.165) is 38.5 Å². The topological polar surface area (TPSA) is 6.48 Å². The van der Waals surface area contributed by atoms with Crippen LogP contribution in [0.5, 0.6) is 0 Å². The lowest BCUT2D eigenvalue weighted by Gasteiger charge is -2.31. The van der Waals surface area contributed by atoms with Crippen molar-refractivity contribution in [2.24, 2.45) is 0 Å². The summed E-state index contributed by atoms with van der Waals surface area (Å²) < 4.78 is 0. The fourth-order valence-electron chi connectivity index (χ4n) is 5.42. The van der Waals surface area contributed by atoms with Gasteiger partial charge in [-0.05, 0) is 104 Å². The Labute approximate surface area is 226 Å². The molecule has 3 aromatic carbocycles. The number of rotatable bonds is 7. The van der Waals surface area contributed by atoms with Crippen LogP contribution in [0, 0.1) is 0 Å². The van der Waals surface area contributed by atoms with Gasteiger partial charge in [-0.1, -0.05) is 78.9 Å². The summed E-state index contributed by atoms with van der Waals surface area (Å²) in [5.74, 6) is 0. The molecule has 0 saturated carbocycles. The molecule has 0 heterocycles. The highest BCUT2D eigenvalue weighted by molar-refractivity contribution is 5.75. The van der Waals surface area contributed by atoms with E-state index in [1.165, 1.54) is 45.3 Å². The zero-order valence-corrected chi connectivity index (χ0v) is 21.8. The van der Waals surface area contributed by atoms with Crippen molar-refractivity contribution in [3.63, 3.8) is 0 Å². The zero-order chi connectivity index (χ0) is 25.6. The van der Waals surface area contributed by atoms with Crippen LogP contribution in [-0.2, 0) is 0 Å². The molecule has 0 bridgehead atoms. The van der Waals surface area contributed by atoms with Crippen molar-refractivity contribution >= 4 is 17.1 Å². The fourth-order valence-corrected chi connectivity index (χ4v) is 5.42. The van der Waals surface area contributed by atoms with Crippen LogP contribution in [0.3, 0.4) is 0 Å². The van der Waals surface area contributed by atoms with Gasteiger partial charge in [-0.15, -0.1) is 0 Å². The van der Waals surface area contributed by atoms with Crippen molar-refractivity contribution in [3.8, 4) is 11.1 Å². The van der Waals surface area contributed by atoms with E-state index in [1.807, 2.05) is 0 Å². The van der Waals surface area contributed by atoms with E-state index in [2.05, 4.69) is 143 Å². The second kappa shape index (κ2) is 11.4. The molecule has 6 rings (SSSR count). The molecule has 2 heteroatoms. The number of hydrogen-bond donors (Lipinski definition) is 0. The molecule has 0 atom stereocenters. The van der Waals surface area contributed by atoms with Gasteiger partial charge in [0.25, 0.3) is 0 Å². The first-order valence-corrected chi connectivity index (χ1v) is 13.8. The Bertz CT molecular complexity index is 1430. The van der Waals surface area contributed by atoms with Crippen molar-refractivity contribution in [1.29, 1.82) is 0 Å². The highest BCUT2D eigenvalue weighted by Crippen LogP contribution is 2.35. The Morgan fingerprint density at radius 2 is 1.03 bits per heavy atom. The summed E-state index contributed by atoms with van der Waals surface area (Å²) in [7, 11) is 0. The standard InChI is InChI=1S/C36H34N2/c1-5-13-31(14-6-1)37(32-15-7-2-8-16-32)35-25-21-29(22-26-35)30-23-27-36(28-24-30)38(33-17-9-3-10-18-33)34-19-11-4-12-20-34/h1,3,5-7,9,11,13-17,19-28H,2,4,8,10,12,18H2. The molecule has 0 N–H and O–H groups in total. The predicted octanol–water partition coefficient (Wildman–Crippen LogP) is 10.00. The maximum atomic E-state index is 2.43. The van der Waals surface area contributed by atoms with Crippen molar-refractivity contribution in [3.05, 3.63) is 151 Å². The molecule has 3 aliphatic rings. The fraction of sp³-hybridized carbons (Fsp3) is 0.167. The molecule has 3 aliphatic carbocycles. The smallest absolute Gasteiger partial charge is 0.0461 e. The van der Waals surface area contributed by atoms with Crippen LogP contribution in [0.15, 0.2) is 151 Å². The van der Waals surface area contributed by atoms with Crippen molar-refractivity contribution in [2.75, 3.05) is 9.80 Å². The van der Waals surface area contributed by atoms with Gasteiger partial charge in [0.05, 0.1) is 0 Å². The highest BCUT2D eigenvalue weighted by Gasteiger charge is 2.18. The summed E-state index contributed by atoms with van der Waals surface area (Å²) >= 11 is 0. The van der Waals surface area contributed by atoms with Gasteiger partial charge < -0.3 is 9.80 Å². The van der Waals surface area contributed by atoms with Gasteiger partial charge >= 0.3 is 0 Å². The first kappa shape index (κ1) is 24.1. The SMILES string of the molecule is C1=CCCC(N(C2=CCCC=C2)c2ccc(-c3ccc(N(C4=CCCC=C4)c4ccccc4)cc3)cc2)=C1. The monoisotopic (exact) mass is 494 g/mol. The lowest BCUT2D eigenvalue weighted by atomic mass is 10.0. The molecule has 0 unspecified atom stereocenters. The largest absolute Gasteiger partial charge is 0.315 e. The maximum Gasteiger partial charge on any atom is 0.0461 e. The predicted molar refractivity (Wildman–Crippen MR) is 162 cm³/mol. The summed E-state index contributed by atoms with van der Waals surface area (Å²) in [6.45, 7) is 0.